The van der Waals surface area contributed by atoms with Gasteiger partial charge in [-0.3, -0.25) is 15.1 Å². The number of aromatic nitrogens is 1. The number of pyridine rings is 1. The summed E-state index contributed by atoms with van der Waals surface area (Å²) in [6.07, 6.45) is 1.87. The second-order valence-electron chi connectivity index (χ2n) is 5.52. The van der Waals surface area contributed by atoms with Crippen LogP contribution in [0.25, 0.3) is 10.8 Å². The van der Waals surface area contributed by atoms with E-state index in [2.05, 4.69) is 16.4 Å². The number of nitro groups is 1. The molecule has 0 fully saturated rings. The molecule has 1 unspecified atom stereocenters. The largest absolute Gasteiger partial charge is 0.377 e. The molecule has 0 aliphatic carbocycles. The summed E-state index contributed by atoms with van der Waals surface area (Å²) in [6.45, 7) is 4.00. The molecule has 0 spiro atoms. The Morgan fingerprint density at radius 3 is 2.52 bits per heavy atom. The molecule has 1 N–H and O–H groups in total. The van der Waals surface area contributed by atoms with Crippen LogP contribution in [0.3, 0.4) is 0 Å². The molecule has 0 amide bonds. The standard InChI is InChI=1S/C18H17N3O2/c1-12(14-7-9-16(10-8-14)21(22)23)20-18-13(2)19-11-15-5-3-4-6-17(15)18/h3-12,20H,1-2H3. The Balaban J connectivity index is 1.92. The number of anilines is 1. The SMILES string of the molecule is Cc1ncc2ccccc2c1NC(C)c1ccc([N+](=O)[O-])cc1. The van der Waals surface area contributed by atoms with Crippen LogP contribution in [0.4, 0.5) is 11.4 Å². The first-order chi connectivity index (χ1) is 11.1. The topological polar surface area (TPSA) is 68.1 Å². The van der Waals surface area contributed by atoms with Crippen molar-refractivity contribution < 1.29 is 4.92 Å². The molecular formula is C18H17N3O2. The van der Waals surface area contributed by atoms with Crippen LogP contribution in [0.1, 0.15) is 24.2 Å². The summed E-state index contributed by atoms with van der Waals surface area (Å²) < 4.78 is 0. The van der Waals surface area contributed by atoms with Crippen molar-refractivity contribution in [3.63, 3.8) is 0 Å². The number of rotatable bonds is 4. The summed E-state index contributed by atoms with van der Waals surface area (Å²) in [5.74, 6) is 0. The number of hydrogen-bond donors (Lipinski definition) is 1. The van der Waals surface area contributed by atoms with E-state index in [0.717, 1.165) is 27.7 Å². The molecule has 1 atom stereocenters. The van der Waals surface area contributed by atoms with Crippen LogP contribution in [-0.4, -0.2) is 9.91 Å². The van der Waals surface area contributed by atoms with E-state index in [1.807, 2.05) is 38.2 Å². The molecule has 1 heterocycles. The first kappa shape index (κ1) is 15.0. The Labute approximate surface area is 134 Å². The van der Waals surface area contributed by atoms with Crippen molar-refractivity contribution in [1.29, 1.82) is 0 Å². The maximum Gasteiger partial charge on any atom is 0.269 e. The molecule has 5 heteroatoms. The first-order valence-electron chi connectivity index (χ1n) is 7.41. The molecule has 0 saturated carbocycles. The van der Waals surface area contributed by atoms with Crippen molar-refractivity contribution in [3.05, 3.63) is 76.1 Å². The summed E-state index contributed by atoms with van der Waals surface area (Å²) in [6, 6.07) is 14.7. The van der Waals surface area contributed by atoms with Crippen molar-refractivity contribution in [2.75, 3.05) is 5.32 Å². The van der Waals surface area contributed by atoms with E-state index in [9.17, 15) is 10.1 Å². The van der Waals surface area contributed by atoms with Gasteiger partial charge in [0.2, 0.25) is 0 Å². The molecular weight excluding hydrogens is 290 g/mol. The number of nitrogens with one attached hydrogen (secondary N) is 1. The van der Waals surface area contributed by atoms with Crippen LogP contribution in [0.5, 0.6) is 0 Å². The molecule has 3 aromatic rings. The lowest BCUT2D eigenvalue weighted by Crippen LogP contribution is -2.09. The fraction of sp³-hybridized carbons (Fsp3) is 0.167. The lowest BCUT2D eigenvalue weighted by atomic mass is 10.1. The highest BCUT2D eigenvalue weighted by Gasteiger charge is 2.12. The van der Waals surface area contributed by atoms with Gasteiger partial charge in [0.15, 0.2) is 0 Å². The molecule has 1 aromatic heterocycles. The van der Waals surface area contributed by atoms with Gasteiger partial charge in [-0.25, -0.2) is 0 Å². The normalized spacial score (nSPS) is 12.1. The van der Waals surface area contributed by atoms with Gasteiger partial charge in [0, 0.05) is 35.1 Å². The number of nitro benzene ring substituents is 1. The van der Waals surface area contributed by atoms with Gasteiger partial charge in [-0.1, -0.05) is 36.4 Å². The van der Waals surface area contributed by atoms with Gasteiger partial charge in [-0.2, -0.15) is 0 Å². The smallest absolute Gasteiger partial charge is 0.269 e. The summed E-state index contributed by atoms with van der Waals surface area (Å²) in [5.41, 5.74) is 3.01. The summed E-state index contributed by atoms with van der Waals surface area (Å²) in [7, 11) is 0. The van der Waals surface area contributed by atoms with Gasteiger partial charge < -0.3 is 5.32 Å². The minimum atomic E-state index is -0.388. The highest BCUT2D eigenvalue weighted by molar-refractivity contribution is 5.94. The second kappa shape index (κ2) is 6.04. The van der Waals surface area contributed by atoms with Gasteiger partial charge >= 0.3 is 0 Å². The van der Waals surface area contributed by atoms with Crippen molar-refractivity contribution in [1.82, 2.24) is 4.98 Å². The Morgan fingerprint density at radius 2 is 1.83 bits per heavy atom. The van der Waals surface area contributed by atoms with E-state index in [4.69, 9.17) is 0 Å². The predicted molar refractivity (Wildman–Crippen MR) is 91.6 cm³/mol. The lowest BCUT2D eigenvalue weighted by Gasteiger charge is -2.18. The average Bonchev–Trinajstić information content (AvgIpc) is 2.57. The zero-order valence-electron chi connectivity index (χ0n) is 13.0. The number of fused-ring (bicyclic) bond motifs is 1. The molecule has 3 rings (SSSR count). The predicted octanol–water partition coefficient (Wildman–Crippen LogP) is 4.62. The number of benzene rings is 2. The third-order valence-corrected chi connectivity index (χ3v) is 3.95. The first-order valence-corrected chi connectivity index (χ1v) is 7.41. The molecule has 0 aliphatic heterocycles. The fourth-order valence-electron chi connectivity index (χ4n) is 2.63. The molecule has 0 aliphatic rings. The molecule has 0 bridgehead atoms. The molecule has 0 radical (unpaired) electrons. The number of nitrogens with zero attached hydrogens (tertiary/aromatic N) is 2. The Hall–Kier alpha value is -2.95. The Kier molecular flexibility index (Phi) is 3.93. The third-order valence-electron chi connectivity index (χ3n) is 3.95. The van der Waals surface area contributed by atoms with Crippen LogP contribution in [-0.2, 0) is 0 Å². The summed E-state index contributed by atoms with van der Waals surface area (Å²) in [4.78, 5) is 14.8. The van der Waals surface area contributed by atoms with Crippen LogP contribution < -0.4 is 5.32 Å². The van der Waals surface area contributed by atoms with Crippen molar-refractivity contribution in [2.45, 2.75) is 19.9 Å². The van der Waals surface area contributed by atoms with Crippen LogP contribution in [0.15, 0.2) is 54.7 Å². The van der Waals surface area contributed by atoms with E-state index >= 15 is 0 Å². The van der Waals surface area contributed by atoms with Crippen LogP contribution in [0, 0.1) is 17.0 Å². The second-order valence-corrected chi connectivity index (χ2v) is 5.52. The van der Waals surface area contributed by atoms with Gasteiger partial charge in [0.25, 0.3) is 5.69 Å². The minimum absolute atomic E-state index is 0.0158. The quantitative estimate of drug-likeness (QED) is 0.564. The summed E-state index contributed by atoms with van der Waals surface area (Å²) in [5, 5.41) is 16.4. The average molecular weight is 307 g/mol. The highest BCUT2D eigenvalue weighted by Crippen LogP contribution is 2.29. The van der Waals surface area contributed by atoms with Crippen molar-refractivity contribution >= 4 is 22.1 Å². The molecule has 0 saturated heterocycles. The maximum atomic E-state index is 10.7. The molecule has 2 aromatic carbocycles. The fourth-order valence-corrected chi connectivity index (χ4v) is 2.63. The summed E-state index contributed by atoms with van der Waals surface area (Å²) >= 11 is 0. The Morgan fingerprint density at radius 1 is 1.13 bits per heavy atom. The van der Waals surface area contributed by atoms with E-state index in [1.54, 1.807) is 12.1 Å². The van der Waals surface area contributed by atoms with E-state index in [0.29, 0.717) is 0 Å². The van der Waals surface area contributed by atoms with Crippen LogP contribution >= 0.6 is 0 Å². The van der Waals surface area contributed by atoms with E-state index in [-0.39, 0.29) is 16.7 Å². The Bertz CT molecular complexity index is 860. The minimum Gasteiger partial charge on any atom is -0.377 e. The molecule has 116 valence electrons. The van der Waals surface area contributed by atoms with Gasteiger partial charge in [0.1, 0.15) is 0 Å². The van der Waals surface area contributed by atoms with Crippen LogP contribution in [0.2, 0.25) is 0 Å². The van der Waals surface area contributed by atoms with Gasteiger partial charge in [-0.05, 0) is 19.4 Å². The highest BCUT2D eigenvalue weighted by atomic mass is 16.6. The monoisotopic (exact) mass is 307 g/mol. The number of aryl methyl sites for hydroxylation is 1. The lowest BCUT2D eigenvalue weighted by molar-refractivity contribution is -0.384. The number of hydrogen-bond acceptors (Lipinski definition) is 4. The van der Waals surface area contributed by atoms with Gasteiger partial charge in [0.05, 0.1) is 16.3 Å². The zero-order chi connectivity index (χ0) is 16.4. The maximum absolute atomic E-state index is 10.7. The van der Waals surface area contributed by atoms with E-state index in [1.165, 1.54) is 12.1 Å². The third kappa shape index (κ3) is 2.99. The van der Waals surface area contributed by atoms with Gasteiger partial charge in [-0.15, -0.1) is 0 Å². The molecule has 23 heavy (non-hydrogen) atoms. The number of non-ortho nitro benzene ring substituents is 1. The molecule has 5 nitrogen and oxygen atoms in total. The van der Waals surface area contributed by atoms with Crippen molar-refractivity contribution in [2.24, 2.45) is 0 Å². The zero-order valence-corrected chi connectivity index (χ0v) is 13.0. The van der Waals surface area contributed by atoms with Crippen molar-refractivity contribution in [3.8, 4) is 0 Å². The van der Waals surface area contributed by atoms with E-state index < -0.39 is 0 Å².